The molecule has 0 spiro atoms. The number of esters is 1. The van der Waals surface area contributed by atoms with E-state index < -0.39 is 0 Å². The SMILES string of the molecule is COC(=O)[C@@H](C)[C@@H]1CN(C2=Nc3cc(Cl)ccc3Oc3ccccc32)CCN1. The van der Waals surface area contributed by atoms with Crippen LogP contribution in [0.4, 0.5) is 5.69 Å². The van der Waals surface area contributed by atoms with E-state index in [1.165, 1.54) is 7.11 Å². The van der Waals surface area contributed by atoms with Crippen LogP contribution < -0.4 is 10.1 Å². The summed E-state index contributed by atoms with van der Waals surface area (Å²) >= 11 is 6.19. The van der Waals surface area contributed by atoms with Crippen molar-refractivity contribution in [3.63, 3.8) is 0 Å². The zero-order chi connectivity index (χ0) is 19.7. The zero-order valence-corrected chi connectivity index (χ0v) is 16.6. The number of carbonyl (C=O) groups is 1. The van der Waals surface area contributed by atoms with E-state index in [0.717, 1.165) is 30.2 Å². The summed E-state index contributed by atoms with van der Waals surface area (Å²) in [5.74, 6) is 1.76. The Bertz CT molecular complexity index is 931. The minimum Gasteiger partial charge on any atom is -0.469 e. The number of hydrogen-bond acceptors (Lipinski definition) is 6. The molecule has 2 atom stereocenters. The Morgan fingerprint density at radius 2 is 2.14 bits per heavy atom. The molecule has 2 aromatic carbocycles. The fourth-order valence-electron chi connectivity index (χ4n) is 3.59. The lowest BCUT2D eigenvalue weighted by atomic mass is 9.99. The smallest absolute Gasteiger partial charge is 0.310 e. The summed E-state index contributed by atoms with van der Waals surface area (Å²) < 4.78 is 11.0. The Morgan fingerprint density at radius 1 is 1.32 bits per heavy atom. The molecule has 4 rings (SSSR count). The van der Waals surface area contributed by atoms with Crippen LogP contribution in [-0.2, 0) is 9.53 Å². The van der Waals surface area contributed by atoms with Crippen LogP contribution in [0.3, 0.4) is 0 Å². The maximum Gasteiger partial charge on any atom is 0.310 e. The summed E-state index contributed by atoms with van der Waals surface area (Å²) in [6.45, 7) is 4.04. The maximum absolute atomic E-state index is 12.0. The van der Waals surface area contributed by atoms with Crippen molar-refractivity contribution in [1.82, 2.24) is 10.2 Å². The molecule has 1 fully saturated rings. The van der Waals surface area contributed by atoms with Crippen LogP contribution in [-0.4, -0.2) is 49.5 Å². The number of amidine groups is 1. The first-order valence-electron chi connectivity index (χ1n) is 9.28. The van der Waals surface area contributed by atoms with E-state index in [9.17, 15) is 4.79 Å². The van der Waals surface area contributed by atoms with E-state index in [2.05, 4.69) is 10.2 Å². The third-order valence-electron chi connectivity index (χ3n) is 5.18. The van der Waals surface area contributed by atoms with Gasteiger partial charge in [0.2, 0.25) is 0 Å². The lowest BCUT2D eigenvalue weighted by Gasteiger charge is -2.37. The molecule has 2 aliphatic rings. The highest BCUT2D eigenvalue weighted by Gasteiger charge is 2.32. The molecular weight excluding hydrogens is 378 g/mol. The summed E-state index contributed by atoms with van der Waals surface area (Å²) in [7, 11) is 1.42. The first kappa shape index (κ1) is 18.8. The number of aliphatic imine (C=N–C) groups is 1. The van der Waals surface area contributed by atoms with E-state index in [1.807, 2.05) is 37.3 Å². The molecular formula is C21H22ClN3O3. The van der Waals surface area contributed by atoms with Gasteiger partial charge < -0.3 is 19.7 Å². The van der Waals surface area contributed by atoms with Gasteiger partial charge in [0.1, 0.15) is 17.3 Å². The number of benzene rings is 2. The number of halogens is 1. The van der Waals surface area contributed by atoms with Gasteiger partial charge in [-0.05, 0) is 30.3 Å². The Balaban J connectivity index is 1.73. The highest BCUT2D eigenvalue weighted by molar-refractivity contribution is 6.31. The van der Waals surface area contributed by atoms with Gasteiger partial charge in [0, 0.05) is 30.7 Å². The summed E-state index contributed by atoms with van der Waals surface area (Å²) in [6.07, 6.45) is 0. The molecule has 0 radical (unpaired) electrons. The highest BCUT2D eigenvalue weighted by Crippen LogP contribution is 2.39. The molecule has 7 heteroatoms. The second-order valence-corrected chi connectivity index (χ2v) is 7.40. The summed E-state index contributed by atoms with van der Waals surface area (Å²) in [5, 5.41) is 4.03. The fraction of sp³-hybridized carbons (Fsp3) is 0.333. The Kier molecular flexibility index (Phi) is 5.24. The average molecular weight is 400 g/mol. The van der Waals surface area contributed by atoms with Gasteiger partial charge in [-0.1, -0.05) is 30.7 Å². The third-order valence-corrected chi connectivity index (χ3v) is 5.41. The molecule has 28 heavy (non-hydrogen) atoms. The molecule has 0 aliphatic carbocycles. The highest BCUT2D eigenvalue weighted by atomic mass is 35.5. The third kappa shape index (κ3) is 3.57. The predicted molar refractivity (Wildman–Crippen MR) is 109 cm³/mol. The van der Waals surface area contributed by atoms with Crippen LogP contribution in [0.1, 0.15) is 12.5 Å². The van der Waals surface area contributed by atoms with Crippen LogP contribution in [0.5, 0.6) is 11.5 Å². The largest absolute Gasteiger partial charge is 0.469 e. The molecule has 0 saturated carbocycles. The number of methoxy groups -OCH3 is 1. The number of fused-ring (bicyclic) bond motifs is 2. The Morgan fingerprint density at radius 3 is 2.96 bits per heavy atom. The van der Waals surface area contributed by atoms with Gasteiger partial charge in [0.05, 0.1) is 18.6 Å². The topological polar surface area (TPSA) is 63.2 Å². The number of carbonyl (C=O) groups excluding carboxylic acids is 1. The van der Waals surface area contributed by atoms with Crippen molar-refractivity contribution in [2.75, 3.05) is 26.7 Å². The number of ether oxygens (including phenoxy) is 2. The first-order chi connectivity index (χ1) is 13.6. The van der Waals surface area contributed by atoms with Crippen LogP contribution in [0.2, 0.25) is 5.02 Å². The first-order valence-corrected chi connectivity index (χ1v) is 9.66. The maximum atomic E-state index is 12.0. The molecule has 0 unspecified atom stereocenters. The van der Waals surface area contributed by atoms with Crippen molar-refractivity contribution in [2.45, 2.75) is 13.0 Å². The molecule has 2 aliphatic heterocycles. The van der Waals surface area contributed by atoms with Gasteiger partial charge in [-0.2, -0.15) is 0 Å². The Labute approximate surface area is 169 Å². The van der Waals surface area contributed by atoms with Crippen LogP contribution in [0.15, 0.2) is 47.5 Å². The van der Waals surface area contributed by atoms with Gasteiger partial charge in [-0.15, -0.1) is 0 Å². The van der Waals surface area contributed by atoms with Crippen molar-refractivity contribution >= 4 is 29.1 Å². The summed E-state index contributed by atoms with van der Waals surface area (Å²) in [4.78, 5) is 19.1. The van der Waals surface area contributed by atoms with Crippen molar-refractivity contribution in [3.05, 3.63) is 53.1 Å². The minimum atomic E-state index is -0.257. The van der Waals surface area contributed by atoms with Crippen LogP contribution in [0, 0.1) is 5.92 Å². The average Bonchev–Trinajstić information content (AvgIpc) is 2.89. The zero-order valence-electron chi connectivity index (χ0n) is 15.8. The van der Waals surface area contributed by atoms with E-state index >= 15 is 0 Å². The molecule has 6 nitrogen and oxygen atoms in total. The van der Waals surface area contributed by atoms with Crippen molar-refractivity contribution in [2.24, 2.45) is 10.9 Å². The van der Waals surface area contributed by atoms with Gasteiger partial charge in [-0.25, -0.2) is 4.99 Å². The van der Waals surface area contributed by atoms with Crippen molar-refractivity contribution in [1.29, 1.82) is 0 Å². The molecule has 2 aromatic rings. The van der Waals surface area contributed by atoms with E-state index in [0.29, 0.717) is 23.0 Å². The number of hydrogen-bond donors (Lipinski definition) is 1. The molecule has 0 aromatic heterocycles. The van der Waals surface area contributed by atoms with Gasteiger partial charge >= 0.3 is 5.97 Å². The van der Waals surface area contributed by atoms with E-state index in [-0.39, 0.29) is 17.9 Å². The molecule has 1 N–H and O–H groups in total. The lowest BCUT2D eigenvalue weighted by Crippen LogP contribution is -2.56. The van der Waals surface area contributed by atoms with E-state index in [1.54, 1.807) is 12.1 Å². The van der Waals surface area contributed by atoms with Crippen molar-refractivity contribution < 1.29 is 14.3 Å². The molecule has 0 bridgehead atoms. The minimum absolute atomic E-state index is 0.0286. The lowest BCUT2D eigenvalue weighted by molar-refractivity contribution is -0.146. The number of nitrogens with one attached hydrogen (secondary N) is 1. The van der Waals surface area contributed by atoms with Crippen molar-refractivity contribution in [3.8, 4) is 11.5 Å². The fourth-order valence-corrected chi connectivity index (χ4v) is 3.76. The quantitative estimate of drug-likeness (QED) is 0.781. The molecule has 1 saturated heterocycles. The molecule has 0 amide bonds. The Hall–Kier alpha value is -2.57. The molecule has 2 heterocycles. The summed E-state index contributed by atoms with van der Waals surface area (Å²) in [5.41, 5.74) is 1.61. The van der Waals surface area contributed by atoms with Crippen LogP contribution >= 0.6 is 11.6 Å². The monoisotopic (exact) mass is 399 g/mol. The molecule has 146 valence electrons. The number of nitrogens with zero attached hydrogens (tertiary/aromatic N) is 2. The standard InChI is InChI=1S/C21H22ClN3O3/c1-13(21(26)27-2)17-12-25(10-9-23-17)20-15-5-3-4-6-18(15)28-19-8-7-14(22)11-16(19)24-20/h3-8,11,13,17,23H,9-10,12H2,1-2H3/t13-,17-/m0/s1. The number of piperazine rings is 1. The van der Waals surface area contributed by atoms with Gasteiger partial charge in [0.15, 0.2) is 5.75 Å². The second kappa shape index (κ2) is 7.81. The van der Waals surface area contributed by atoms with Gasteiger partial charge in [-0.3, -0.25) is 4.79 Å². The normalized spacial score (nSPS) is 19.5. The van der Waals surface area contributed by atoms with Crippen LogP contribution in [0.25, 0.3) is 0 Å². The predicted octanol–water partition coefficient (Wildman–Crippen LogP) is 3.61. The number of rotatable bonds is 2. The second-order valence-electron chi connectivity index (χ2n) is 6.96. The summed E-state index contributed by atoms with van der Waals surface area (Å²) in [6, 6.07) is 13.3. The van der Waals surface area contributed by atoms with E-state index in [4.69, 9.17) is 26.1 Å². The van der Waals surface area contributed by atoms with Gasteiger partial charge in [0.25, 0.3) is 0 Å². The number of para-hydroxylation sites is 1.